The molecule has 1 saturated heterocycles. The number of nitrogens with one attached hydrogen (secondary N) is 1. The van der Waals surface area contributed by atoms with E-state index in [0.29, 0.717) is 0 Å². The normalized spacial score (nSPS) is 16.3. The van der Waals surface area contributed by atoms with E-state index in [9.17, 15) is 14.0 Å². The maximum atomic E-state index is 13.6. The second-order valence-corrected chi connectivity index (χ2v) is 5.29. The fourth-order valence-corrected chi connectivity index (χ4v) is 2.64. The van der Waals surface area contributed by atoms with Gasteiger partial charge in [0.25, 0.3) is 5.91 Å². The highest BCUT2D eigenvalue weighted by atomic mass is 19.1. The van der Waals surface area contributed by atoms with E-state index in [1.807, 2.05) is 18.2 Å². The Kier molecular flexibility index (Phi) is 5.52. The topological polar surface area (TPSA) is 52.7 Å². The quantitative estimate of drug-likeness (QED) is 0.664. The predicted molar refractivity (Wildman–Crippen MR) is 82.8 cm³/mol. The van der Waals surface area contributed by atoms with Crippen molar-refractivity contribution in [3.05, 3.63) is 42.4 Å². The fraction of sp³-hybridized carbons (Fsp3) is 0.375. The molecule has 118 valence electrons. The van der Waals surface area contributed by atoms with Crippen LogP contribution >= 0.6 is 0 Å². The van der Waals surface area contributed by atoms with Gasteiger partial charge in [0.2, 0.25) is 12.2 Å². The average Bonchev–Trinajstić information content (AvgIpc) is 2.56. The average molecular weight is 305 g/mol. The summed E-state index contributed by atoms with van der Waals surface area (Å²) in [6.45, 7) is 1.77. The molecule has 1 aliphatic heterocycles. The largest absolute Gasteiger partial charge is 0.375 e. The van der Waals surface area contributed by atoms with Gasteiger partial charge in [0.1, 0.15) is 0 Å². The standard InChI is InChI=1S/C16H20FN3O2/c1-19(11-15(17)16(22)18-12-21)13-7-9-20(10-8-13)14-5-3-2-4-6-14/h2-6,11-13H,7-10H2,1H3,(H,18,21,22)/b15-11+. The molecule has 1 aromatic rings. The van der Waals surface area contributed by atoms with E-state index in [1.165, 1.54) is 5.69 Å². The third kappa shape index (κ3) is 4.07. The summed E-state index contributed by atoms with van der Waals surface area (Å²) in [5, 5.41) is 1.78. The Labute approximate surface area is 129 Å². The minimum Gasteiger partial charge on any atom is -0.375 e. The highest BCUT2D eigenvalue weighted by Crippen LogP contribution is 2.22. The van der Waals surface area contributed by atoms with E-state index in [1.54, 1.807) is 17.3 Å². The van der Waals surface area contributed by atoms with E-state index in [2.05, 4.69) is 17.0 Å². The molecule has 0 aliphatic carbocycles. The molecule has 0 radical (unpaired) electrons. The zero-order chi connectivity index (χ0) is 15.9. The molecule has 0 atom stereocenters. The second-order valence-electron chi connectivity index (χ2n) is 5.29. The van der Waals surface area contributed by atoms with Gasteiger partial charge in [0, 0.05) is 38.1 Å². The first-order chi connectivity index (χ1) is 10.6. The van der Waals surface area contributed by atoms with Crippen LogP contribution in [0, 0.1) is 0 Å². The van der Waals surface area contributed by atoms with Crippen LogP contribution in [0.3, 0.4) is 0 Å². The van der Waals surface area contributed by atoms with E-state index in [-0.39, 0.29) is 12.5 Å². The smallest absolute Gasteiger partial charge is 0.287 e. The van der Waals surface area contributed by atoms with Crippen molar-refractivity contribution in [3.8, 4) is 0 Å². The zero-order valence-electron chi connectivity index (χ0n) is 12.5. The van der Waals surface area contributed by atoms with Crippen molar-refractivity contribution in [1.29, 1.82) is 0 Å². The molecular formula is C16H20FN3O2. The fourth-order valence-electron chi connectivity index (χ4n) is 2.64. The van der Waals surface area contributed by atoms with Gasteiger partial charge in [-0.2, -0.15) is 4.39 Å². The molecule has 0 saturated carbocycles. The summed E-state index contributed by atoms with van der Waals surface area (Å²) >= 11 is 0. The number of hydrogen-bond donors (Lipinski definition) is 1. The van der Waals surface area contributed by atoms with Crippen LogP contribution < -0.4 is 10.2 Å². The molecule has 22 heavy (non-hydrogen) atoms. The number of hydrogen-bond acceptors (Lipinski definition) is 4. The highest BCUT2D eigenvalue weighted by molar-refractivity contribution is 5.97. The van der Waals surface area contributed by atoms with Crippen LogP contribution in [0.4, 0.5) is 10.1 Å². The molecule has 2 rings (SSSR count). The lowest BCUT2D eigenvalue weighted by atomic mass is 10.0. The van der Waals surface area contributed by atoms with Crippen LogP contribution in [0.5, 0.6) is 0 Å². The molecule has 1 N–H and O–H groups in total. The number of imide groups is 1. The van der Waals surface area contributed by atoms with Crippen LogP contribution in [0.2, 0.25) is 0 Å². The molecule has 1 fully saturated rings. The van der Waals surface area contributed by atoms with Crippen molar-refractivity contribution in [2.45, 2.75) is 18.9 Å². The third-order valence-electron chi connectivity index (χ3n) is 3.89. The first kappa shape index (κ1) is 16.0. The summed E-state index contributed by atoms with van der Waals surface area (Å²) in [5.74, 6) is -1.97. The Bertz CT molecular complexity index is 540. The monoisotopic (exact) mass is 305 g/mol. The van der Waals surface area contributed by atoms with E-state index in [4.69, 9.17) is 0 Å². The minimum absolute atomic E-state index is 0.175. The first-order valence-electron chi connectivity index (χ1n) is 7.25. The molecule has 5 nitrogen and oxygen atoms in total. The van der Waals surface area contributed by atoms with Gasteiger partial charge in [-0.15, -0.1) is 0 Å². The second kappa shape index (κ2) is 7.59. The Morgan fingerprint density at radius 3 is 2.55 bits per heavy atom. The van der Waals surface area contributed by atoms with Gasteiger partial charge in [-0.1, -0.05) is 18.2 Å². The summed E-state index contributed by atoms with van der Waals surface area (Å²) in [7, 11) is 1.75. The lowest BCUT2D eigenvalue weighted by Crippen LogP contribution is -2.42. The highest BCUT2D eigenvalue weighted by Gasteiger charge is 2.22. The van der Waals surface area contributed by atoms with E-state index in [0.717, 1.165) is 32.1 Å². The Morgan fingerprint density at radius 1 is 1.32 bits per heavy atom. The van der Waals surface area contributed by atoms with Crippen LogP contribution in [0.25, 0.3) is 0 Å². The van der Waals surface area contributed by atoms with Crippen molar-refractivity contribution >= 4 is 18.0 Å². The van der Waals surface area contributed by atoms with Crippen LogP contribution in [0.15, 0.2) is 42.4 Å². The van der Waals surface area contributed by atoms with Crippen molar-refractivity contribution in [2.75, 3.05) is 25.0 Å². The number of carbonyl (C=O) groups is 2. The third-order valence-corrected chi connectivity index (χ3v) is 3.89. The maximum Gasteiger partial charge on any atom is 0.287 e. The first-order valence-corrected chi connectivity index (χ1v) is 7.25. The van der Waals surface area contributed by atoms with Gasteiger partial charge in [0.05, 0.1) is 0 Å². The molecule has 6 heteroatoms. The van der Waals surface area contributed by atoms with Gasteiger partial charge in [0.15, 0.2) is 0 Å². The Balaban J connectivity index is 1.89. The molecule has 2 amide bonds. The summed E-state index contributed by atoms with van der Waals surface area (Å²) in [6, 6.07) is 10.3. The number of rotatable bonds is 5. The number of halogens is 1. The molecule has 1 aromatic carbocycles. The summed E-state index contributed by atoms with van der Waals surface area (Å²) in [4.78, 5) is 25.3. The summed E-state index contributed by atoms with van der Waals surface area (Å²) in [6.07, 6.45) is 3.09. The molecule has 0 aromatic heterocycles. The number of amides is 2. The number of carbonyl (C=O) groups excluding carboxylic acids is 2. The number of piperidine rings is 1. The molecule has 0 unspecified atom stereocenters. The van der Waals surface area contributed by atoms with E-state index < -0.39 is 11.7 Å². The molecule has 0 spiro atoms. The molecular weight excluding hydrogens is 285 g/mol. The zero-order valence-corrected chi connectivity index (χ0v) is 12.5. The summed E-state index contributed by atoms with van der Waals surface area (Å²) in [5.41, 5.74) is 1.19. The van der Waals surface area contributed by atoms with Crippen molar-refractivity contribution in [3.63, 3.8) is 0 Å². The van der Waals surface area contributed by atoms with Gasteiger partial charge < -0.3 is 9.80 Å². The lowest BCUT2D eigenvalue weighted by molar-refractivity contribution is -0.123. The number of benzene rings is 1. The Morgan fingerprint density at radius 2 is 1.95 bits per heavy atom. The van der Waals surface area contributed by atoms with Crippen molar-refractivity contribution in [1.82, 2.24) is 10.2 Å². The predicted octanol–water partition coefficient (Wildman–Crippen LogP) is 1.67. The lowest BCUT2D eigenvalue weighted by Gasteiger charge is -2.37. The van der Waals surface area contributed by atoms with Crippen LogP contribution in [0.1, 0.15) is 12.8 Å². The van der Waals surface area contributed by atoms with Gasteiger partial charge in [-0.25, -0.2) is 0 Å². The van der Waals surface area contributed by atoms with E-state index >= 15 is 0 Å². The molecule has 0 bridgehead atoms. The number of para-hydroxylation sites is 1. The number of nitrogens with zero attached hydrogens (tertiary/aromatic N) is 2. The van der Waals surface area contributed by atoms with Gasteiger partial charge in [-0.3, -0.25) is 14.9 Å². The van der Waals surface area contributed by atoms with Crippen LogP contribution in [-0.4, -0.2) is 43.4 Å². The van der Waals surface area contributed by atoms with Gasteiger partial charge >= 0.3 is 0 Å². The SMILES string of the molecule is CN(/C=C(/F)C(=O)NC=O)C1CCN(c2ccccc2)CC1. The van der Waals surface area contributed by atoms with Crippen LogP contribution in [-0.2, 0) is 9.59 Å². The Hall–Kier alpha value is -2.37. The molecule has 1 heterocycles. The number of anilines is 1. The molecule has 1 aliphatic rings. The van der Waals surface area contributed by atoms with Gasteiger partial charge in [-0.05, 0) is 25.0 Å². The maximum absolute atomic E-state index is 13.6. The summed E-state index contributed by atoms with van der Waals surface area (Å²) < 4.78 is 13.6. The van der Waals surface area contributed by atoms with Crippen molar-refractivity contribution in [2.24, 2.45) is 0 Å². The van der Waals surface area contributed by atoms with Crippen molar-refractivity contribution < 1.29 is 14.0 Å². The minimum atomic E-state index is -1.01.